The summed E-state index contributed by atoms with van der Waals surface area (Å²) in [6, 6.07) is 11.6. The molecule has 0 radical (unpaired) electrons. The van der Waals surface area contributed by atoms with Crippen LogP contribution in [0.15, 0.2) is 36.4 Å². The summed E-state index contributed by atoms with van der Waals surface area (Å²) in [6.07, 6.45) is 9.79. The van der Waals surface area contributed by atoms with Crippen LogP contribution in [0, 0.1) is 5.41 Å². The number of halogens is 1. The third kappa shape index (κ3) is 5.61. The van der Waals surface area contributed by atoms with Crippen LogP contribution in [0.3, 0.4) is 0 Å². The van der Waals surface area contributed by atoms with Gasteiger partial charge in [0.1, 0.15) is 0 Å². The van der Waals surface area contributed by atoms with Crippen molar-refractivity contribution in [1.29, 1.82) is 0 Å². The predicted octanol–water partition coefficient (Wildman–Crippen LogP) is 6.23. The van der Waals surface area contributed by atoms with Gasteiger partial charge in [0.25, 0.3) is 5.91 Å². The topological polar surface area (TPSA) is 88.1 Å². The van der Waals surface area contributed by atoms with E-state index in [9.17, 15) is 9.59 Å². The van der Waals surface area contributed by atoms with Gasteiger partial charge in [0.2, 0.25) is 11.9 Å². The molecule has 1 aromatic heterocycles. The molecule has 3 N–H and O–H groups in total. The highest BCUT2D eigenvalue weighted by Gasteiger charge is 2.34. The van der Waals surface area contributed by atoms with E-state index in [1.807, 2.05) is 48.0 Å². The lowest BCUT2D eigenvalue weighted by molar-refractivity contribution is -0.132. The molecule has 2 saturated carbocycles. The number of aryl methyl sites for hydroxylation is 1. The van der Waals surface area contributed by atoms with E-state index in [0.717, 1.165) is 60.8 Å². The summed E-state index contributed by atoms with van der Waals surface area (Å²) < 4.78 is 1.95. The van der Waals surface area contributed by atoms with E-state index < -0.39 is 0 Å². The summed E-state index contributed by atoms with van der Waals surface area (Å²) in [4.78, 5) is 30.3. The quantitative estimate of drug-likeness (QED) is 0.344. The molecule has 5 rings (SSSR count). The maximum Gasteiger partial charge on any atom is 0.251 e. The fourth-order valence-corrected chi connectivity index (χ4v) is 5.81. The van der Waals surface area contributed by atoms with Crippen LogP contribution in [0.4, 0.5) is 11.6 Å². The summed E-state index contributed by atoms with van der Waals surface area (Å²) in [5.74, 6) is 0.703. The number of nitrogens with one attached hydrogen (secondary N) is 3. The summed E-state index contributed by atoms with van der Waals surface area (Å²) in [5.41, 5.74) is 3.68. The van der Waals surface area contributed by atoms with E-state index in [2.05, 4.69) is 22.9 Å². The highest BCUT2D eigenvalue weighted by molar-refractivity contribution is 6.33. The third-order valence-corrected chi connectivity index (χ3v) is 8.40. The van der Waals surface area contributed by atoms with E-state index >= 15 is 0 Å². The van der Waals surface area contributed by atoms with Crippen molar-refractivity contribution >= 4 is 46.1 Å². The Morgan fingerprint density at radius 3 is 2.57 bits per heavy atom. The van der Waals surface area contributed by atoms with E-state index in [1.165, 1.54) is 19.3 Å². The normalized spacial score (nSPS) is 17.6. The van der Waals surface area contributed by atoms with Gasteiger partial charge in [-0.3, -0.25) is 9.59 Å². The molecule has 2 aromatic carbocycles. The zero-order valence-electron chi connectivity index (χ0n) is 21.7. The van der Waals surface area contributed by atoms with Gasteiger partial charge in [-0.25, -0.2) is 4.98 Å². The zero-order chi connectivity index (χ0) is 26.0. The average Bonchev–Trinajstić information content (AvgIpc) is 3.52. The third-order valence-electron chi connectivity index (χ3n) is 8.07. The summed E-state index contributed by atoms with van der Waals surface area (Å²) in [5, 5.41) is 10.2. The van der Waals surface area contributed by atoms with Gasteiger partial charge >= 0.3 is 0 Å². The standard InChI is InChI=1S/C29H36ClN5O2/c1-29(14-6-3-7-15-29)27(37)31-18-19-10-12-22(30)23(16-19)33-28-34-24-17-20(11-13-25(24)35(28)2)26(36)32-21-8-4-5-9-21/h10-13,16-17,21H,3-9,14-15,18H2,1-2H3,(H,31,37)(H,32,36)(H,33,34). The minimum Gasteiger partial charge on any atom is -0.352 e. The smallest absolute Gasteiger partial charge is 0.251 e. The Morgan fingerprint density at radius 2 is 1.81 bits per heavy atom. The number of imidazole rings is 1. The Bertz CT molecular complexity index is 1310. The maximum atomic E-state index is 12.9. The van der Waals surface area contributed by atoms with Gasteiger partial charge < -0.3 is 20.5 Å². The van der Waals surface area contributed by atoms with Crippen LogP contribution in [0.2, 0.25) is 5.02 Å². The molecule has 0 atom stereocenters. The number of hydrogen-bond donors (Lipinski definition) is 3. The molecule has 8 heteroatoms. The number of anilines is 2. The molecule has 0 spiro atoms. The molecule has 196 valence electrons. The molecule has 0 aliphatic heterocycles. The van der Waals surface area contributed by atoms with Crippen molar-refractivity contribution in [3.63, 3.8) is 0 Å². The van der Waals surface area contributed by atoms with Crippen LogP contribution in [0.25, 0.3) is 11.0 Å². The molecular formula is C29H36ClN5O2. The van der Waals surface area contributed by atoms with Crippen molar-refractivity contribution in [2.24, 2.45) is 12.5 Å². The highest BCUT2D eigenvalue weighted by Crippen LogP contribution is 2.36. The number of benzene rings is 2. The van der Waals surface area contributed by atoms with Crippen molar-refractivity contribution < 1.29 is 9.59 Å². The molecule has 0 bridgehead atoms. The Kier molecular flexibility index (Phi) is 7.43. The van der Waals surface area contributed by atoms with Gasteiger partial charge in [-0.2, -0.15) is 0 Å². The maximum absolute atomic E-state index is 12.9. The van der Waals surface area contributed by atoms with Crippen LogP contribution in [0.5, 0.6) is 0 Å². The number of amides is 2. The molecule has 3 aromatic rings. The van der Waals surface area contributed by atoms with Gasteiger partial charge in [0, 0.05) is 30.6 Å². The van der Waals surface area contributed by atoms with Crippen LogP contribution in [-0.4, -0.2) is 27.4 Å². The fraction of sp³-hybridized carbons (Fsp3) is 0.483. The van der Waals surface area contributed by atoms with E-state index in [0.29, 0.717) is 23.1 Å². The molecule has 2 amide bonds. The molecule has 37 heavy (non-hydrogen) atoms. The second-order valence-electron chi connectivity index (χ2n) is 10.9. The fourth-order valence-electron chi connectivity index (χ4n) is 5.65. The number of nitrogens with zero attached hydrogens (tertiary/aromatic N) is 2. The minimum atomic E-state index is -0.272. The lowest BCUT2D eigenvalue weighted by Crippen LogP contribution is -2.39. The van der Waals surface area contributed by atoms with Crippen LogP contribution >= 0.6 is 11.6 Å². The number of fused-ring (bicyclic) bond motifs is 1. The van der Waals surface area contributed by atoms with E-state index in [4.69, 9.17) is 16.6 Å². The number of carbonyl (C=O) groups excluding carboxylic acids is 2. The van der Waals surface area contributed by atoms with Crippen molar-refractivity contribution in [3.05, 3.63) is 52.5 Å². The van der Waals surface area contributed by atoms with Crippen LogP contribution < -0.4 is 16.0 Å². The molecule has 0 unspecified atom stereocenters. The monoisotopic (exact) mass is 521 g/mol. The molecule has 1 heterocycles. The highest BCUT2D eigenvalue weighted by atomic mass is 35.5. The number of aromatic nitrogens is 2. The number of carbonyl (C=O) groups is 2. The van der Waals surface area contributed by atoms with Gasteiger partial charge in [-0.15, -0.1) is 0 Å². The Morgan fingerprint density at radius 1 is 1.05 bits per heavy atom. The largest absolute Gasteiger partial charge is 0.352 e. The van der Waals surface area contributed by atoms with Crippen molar-refractivity contribution in [2.75, 3.05) is 5.32 Å². The Labute approximate surface area is 223 Å². The predicted molar refractivity (Wildman–Crippen MR) is 148 cm³/mol. The average molecular weight is 522 g/mol. The van der Waals surface area contributed by atoms with Gasteiger partial charge in [-0.1, -0.05) is 56.7 Å². The first-order chi connectivity index (χ1) is 17.8. The Balaban J connectivity index is 1.29. The van der Waals surface area contributed by atoms with Crippen molar-refractivity contribution in [2.45, 2.75) is 77.3 Å². The zero-order valence-corrected chi connectivity index (χ0v) is 22.5. The summed E-state index contributed by atoms with van der Waals surface area (Å²) >= 11 is 6.51. The molecule has 2 fully saturated rings. The van der Waals surface area contributed by atoms with Gasteiger partial charge in [-0.05, 0) is 61.6 Å². The lowest BCUT2D eigenvalue weighted by Gasteiger charge is -2.32. The summed E-state index contributed by atoms with van der Waals surface area (Å²) in [6.45, 7) is 2.52. The number of hydrogen-bond acceptors (Lipinski definition) is 4. The van der Waals surface area contributed by atoms with E-state index in [1.54, 1.807) is 0 Å². The Hall–Kier alpha value is -3.06. The second kappa shape index (κ2) is 10.7. The van der Waals surface area contributed by atoms with Gasteiger partial charge in [0.05, 0.1) is 21.7 Å². The first kappa shape index (κ1) is 25.6. The lowest BCUT2D eigenvalue weighted by atomic mass is 9.75. The van der Waals surface area contributed by atoms with Crippen molar-refractivity contribution in [1.82, 2.24) is 20.2 Å². The molecule has 0 saturated heterocycles. The molecular weight excluding hydrogens is 486 g/mol. The first-order valence-corrected chi connectivity index (χ1v) is 13.8. The van der Waals surface area contributed by atoms with Crippen LogP contribution in [0.1, 0.15) is 80.6 Å². The molecule has 2 aliphatic carbocycles. The molecule has 7 nitrogen and oxygen atoms in total. The SMILES string of the molecule is Cn1c(Nc2cc(CNC(=O)C3(C)CCCCC3)ccc2Cl)nc2cc(C(=O)NC3CCCC3)ccc21. The van der Waals surface area contributed by atoms with E-state index in [-0.39, 0.29) is 23.3 Å². The van der Waals surface area contributed by atoms with Crippen molar-refractivity contribution in [3.8, 4) is 0 Å². The number of rotatable bonds is 7. The van der Waals surface area contributed by atoms with Gasteiger partial charge in [0.15, 0.2) is 0 Å². The van der Waals surface area contributed by atoms with Crippen LogP contribution in [-0.2, 0) is 18.4 Å². The summed E-state index contributed by atoms with van der Waals surface area (Å²) in [7, 11) is 1.93. The molecule has 2 aliphatic rings. The second-order valence-corrected chi connectivity index (χ2v) is 11.3. The minimum absolute atomic E-state index is 0.0474. The first-order valence-electron chi connectivity index (χ1n) is 13.4.